The van der Waals surface area contributed by atoms with Crippen LogP contribution in [0.3, 0.4) is 0 Å². The van der Waals surface area contributed by atoms with Gasteiger partial charge in [0, 0.05) is 45.0 Å². The van der Waals surface area contributed by atoms with Crippen LogP contribution in [0.15, 0.2) is 42.5 Å². The summed E-state index contributed by atoms with van der Waals surface area (Å²) in [4.78, 5) is 2.52. The first kappa shape index (κ1) is 22.5. The molecule has 2 saturated carbocycles. The highest BCUT2D eigenvalue weighted by Gasteiger charge is 2.67. The van der Waals surface area contributed by atoms with Crippen LogP contribution in [0.4, 0.5) is 10.1 Å². The molecule has 34 heavy (non-hydrogen) atoms. The molecule has 0 spiro atoms. The summed E-state index contributed by atoms with van der Waals surface area (Å²) < 4.78 is 48.2. The predicted molar refractivity (Wildman–Crippen MR) is 131 cm³/mol. The molecule has 2 aromatic carbocycles. The van der Waals surface area contributed by atoms with Crippen molar-refractivity contribution in [1.82, 2.24) is 4.90 Å². The molecule has 1 aliphatic heterocycles. The molecule has 4 aliphatic rings. The lowest BCUT2D eigenvalue weighted by atomic mass is 9.87. The predicted octanol–water partition coefficient (Wildman–Crippen LogP) is 4.12. The Hall–Kier alpha value is -1.96. The molecule has 6 rings (SSSR count). The number of hydrogen-bond donors (Lipinski definition) is 1. The summed E-state index contributed by atoms with van der Waals surface area (Å²) in [5.41, 5.74) is 3.82. The molecule has 0 bridgehead atoms. The Morgan fingerprint density at radius 3 is 2.29 bits per heavy atom. The third-order valence-electron chi connectivity index (χ3n) is 8.94. The van der Waals surface area contributed by atoms with Crippen LogP contribution in [-0.2, 0) is 33.0 Å². The van der Waals surface area contributed by atoms with Crippen molar-refractivity contribution in [1.29, 1.82) is 0 Å². The minimum atomic E-state index is -3.42. The maximum Gasteiger partial charge on any atom is 0.235 e. The molecule has 0 aromatic heterocycles. The minimum absolute atomic E-state index is 0.0722. The van der Waals surface area contributed by atoms with Gasteiger partial charge in [-0.3, -0.25) is 9.62 Å². The van der Waals surface area contributed by atoms with Crippen LogP contribution in [-0.4, -0.2) is 50.9 Å². The first-order chi connectivity index (χ1) is 16.3. The normalized spacial score (nSPS) is 29.6. The average Bonchev–Trinajstić information content (AvgIpc) is 3.67. The van der Waals surface area contributed by atoms with Crippen LogP contribution in [0.2, 0.25) is 0 Å². The highest BCUT2D eigenvalue weighted by Crippen LogP contribution is 2.65. The number of hydrogen-bond acceptors (Lipinski definition) is 4. The van der Waals surface area contributed by atoms with Crippen LogP contribution in [0.25, 0.3) is 0 Å². The van der Waals surface area contributed by atoms with Gasteiger partial charge >= 0.3 is 0 Å². The quantitative estimate of drug-likeness (QED) is 0.612. The summed E-state index contributed by atoms with van der Waals surface area (Å²) in [6.45, 7) is 5.02. The molecule has 3 aliphatic carbocycles. The zero-order valence-electron chi connectivity index (χ0n) is 19.9. The van der Waals surface area contributed by atoms with Gasteiger partial charge in [0.05, 0.1) is 16.5 Å². The van der Waals surface area contributed by atoms with E-state index in [-0.39, 0.29) is 22.1 Å². The number of likely N-dealkylation sites (tertiary alicyclic amines) is 1. The van der Waals surface area contributed by atoms with Crippen molar-refractivity contribution in [3.63, 3.8) is 0 Å². The third kappa shape index (κ3) is 3.59. The van der Waals surface area contributed by atoms with Crippen LogP contribution in [0.5, 0.6) is 0 Å². The number of fused-ring (bicyclic) bond motifs is 2. The summed E-state index contributed by atoms with van der Waals surface area (Å²) in [6, 6.07) is 13.4. The molecule has 2 unspecified atom stereocenters. The average molecular weight is 485 g/mol. The third-order valence-corrected chi connectivity index (χ3v) is 10.8. The molecule has 2 aromatic rings. The van der Waals surface area contributed by atoms with E-state index in [9.17, 15) is 12.8 Å². The highest BCUT2D eigenvalue weighted by atomic mass is 32.2. The molecular formula is C27H33FN2O3S. The Balaban J connectivity index is 1.18. The SMILES string of the molecule is CCC1(c2cc(F)cc(NS(=O)(=O)C3CC3)c2)C2CN(CC3(OC)Cc4ccccc4C3)CC21. The lowest BCUT2D eigenvalue weighted by Gasteiger charge is -2.35. The van der Waals surface area contributed by atoms with Gasteiger partial charge < -0.3 is 4.74 Å². The van der Waals surface area contributed by atoms with E-state index < -0.39 is 10.0 Å². The Labute approximate surface area is 201 Å². The van der Waals surface area contributed by atoms with Crippen molar-refractivity contribution in [2.45, 2.75) is 55.3 Å². The first-order valence-electron chi connectivity index (χ1n) is 12.5. The number of sulfonamides is 1. The van der Waals surface area contributed by atoms with Crippen molar-refractivity contribution >= 4 is 15.7 Å². The number of nitrogens with zero attached hydrogens (tertiary/aromatic N) is 1. The van der Waals surface area contributed by atoms with E-state index in [1.54, 1.807) is 6.07 Å². The number of halogens is 1. The molecule has 1 N–H and O–H groups in total. The first-order valence-corrected chi connectivity index (χ1v) is 14.0. The molecule has 1 heterocycles. The second-order valence-electron chi connectivity index (χ2n) is 10.9. The number of rotatable bonds is 8. The Bertz CT molecular complexity index is 1190. The van der Waals surface area contributed by atoms with E-state index in [0.29, 0.717) is 30.4 Å². The van der Waals surface area contributed by atoms with Crippen molar-refractivity contribution < 1.29 is 17.5 Å². The number of piperidine rings is 1. The Kier molecular flexibility index (Phi) is 5.14. The number of nitrogens with one attached hydrogen (secondary N) is 1. The van der Waals surface area contributed by atoms with Crippen LogP contribution >= 0.6 is 0 Å². The van der Waals surface area contributed by atoms with E-state index in [1.165, 1.54) is 17.2 Å². The topological polar surface area (TPSA) is 58.6 Å². The molecule has 5 nitrogen and oxygen atoms in total. The molecule has 182 valence electrons. The maximum absolute atomic E-state index is 14.6. The molecular weight excluding hydrogens is 451 g/mol. The second kappa shape index (κ2) is 7.77. The number of anilines is 1. The maximum atomic E-state index is 14.6. The fraction of sp³-hybridized carbons (Fsp3) is 0.556. The van der Waals surface area contributed by atoms with Crippen LogP contribution < -0.4 is 4.72 Å². The van der Waals surface area contributed by atoms with Gasteiger partial charge in [-0.25, -0.2) is 12.8 Å². The van der Waals surface area contributed by atoms with Gasteiger partial charge in [0.15, 0.2) is 0 Å². The number of methoxy groups -OCH3 is 1. The Morgan fingerprint density at radius 2 is 1.74 bits per heavy atom. The number of benzene rings is 2. The van der Waals surface area contributed by atoms with E-state index in [2.05, 4.69) is 40.8 Å². The van der Waals surface area contributed by atoms with Gasteiger partial charge in [-0.15, -0.1) is 0 Å². The molecule has 1 saturated heterocycles. The molecule has 3 fully saturated rings. The summed E-state index contributed by atoms with van der Waals surface area (Å²) in [5, 5.41) is -0.331. The second-order valence-corrected chi connectivity index (χ2v) is 12.8. The minimum Gasteiger partial charge on any atom is -0.376 e. The van der Waals surface area contributed by atoms with E-state index in [0.717, 1.165) is 44.5 Å². The lowest BCUT2D eigenvalue weighted by molar-refractivity contribution is -0.0276. The van der Waals surface area contributed by atoms with Gasteiger partial charge in [-0.05, 0) is 66.0 Å². The van der Waals surface area contributed by atoms with Crippen molar-refractivity contribution in [3.8, 4) is 0 Å². The molecule has 0 radical (unpaired) electrons. The largest absolute Gasteiger partial charge is 0.376 e. The summed E-state index contributed by atoms with van der Waals surface area (Å²) >= 11 is 0. The standard InChI is InChI=1S/C27H33FN2O3S/c1-3-27(20-10-21(28)12-22(11-20)29-34(31,32)23-8-9-23)24-15-30(16-25(24)27)17-26(33-2)13-18-6-4-5-7-19(18)14-26/h4-7,10-12,23-25,29H,3,8-9,13-17H2,1-2H3. The van der Waals surface area contributed by atoms with Gasteiger partial charge in [0.2, 0.25) is 10.0 Å². The van der Waals surface area contributed by atoms with E-state index in [1.807, 2.05) is 13.2 Å². The van der Waals surface area contributed by atoms with Gasteiger partial charge in [0.25, 0.3) is 0 Å². The zero-order chi connectivity index (χ0) is 23.7. The van der Waals surface area contributed by atoms with Crippen LogP contribution in [0.1, 0.15) is 42.9 Å². The van der Waals surface area contributed by atoms with Crippen molar-refractivity contribution in [2.75, 3.05) is 31.5 Å². The van der Waals surface area contributed by atoms with Gasteiger partial charge in [-0.1, -0.05) is 31.2 Å². The van der Waals surface area contributed by atoms with Crippen molar-refractivity contribution in [2.24, 2.45) is 11.8 Å². The van der Waals surface area contributed by atoms with E-state index >= 15 is 0 Å². The molecule has 7 heteroatoms. The van der Waals surface area contributed by atoms with Crippen LogP contribution in [0, 0.1) is 17.7 Å². The summed E-state index contributed by atoms with van der Waals surface area (Å²) in [7, 11) is -1.59. The van der Waals surface area contributed by atoms with Gasteiger partial charge in [0.1, 0.15) is 5.82 Å². The summed E-state index contributed by atoms with van der Waals surface area (Å²) in [5.74, 6) is 0.553. The fourth-order valence-electron chi connectivity index (χ4n) is 7.03. The highest BCUT2D eigenvalue weighted by molar-refractivity contribution is 7.93. The summed E-state index contributed by atoms with van der Waals surface area (Å²) in [6.07, 6.45) is 4.18. The van der Waals surface area contributed by atoms with Gasteiger partial charge in [-0.2, -0.15) is 0 Å². The Morgan fingerprint density at radius 1 is 1.09 bits per heavy atom. The fourth-order valence-corrected chi connectivity index (χ4v) is 8.40. The molecule has 0 amide bonds. The zero-order valence-corrected chi connectivity index (χ0v) is 20.7. The number of ether oxygens (including phenoxy) is 1. The van der Waals surface area contributed by atoms with E-state index in [4.69, 9.17) is 4.74 Å². The monoisotopic (exact) mass is 484 g/mol. The lowest BCUT2D eigenvalue weighted by Crippen LogP contribution is -2.46. The van der Waals surface area contributed by atoms with Crippen molar-refractivity contribution in [3.05, 3.63) is 65.0 Å². The molecule has 2 atom stereocenters. The smallest absolute Gasteiger partial charge is 0.235 e.